The Bertz CT molecular complexity index is 107. The fourth-order valence-corrected chi connectivity index (χ4v) is 3.09. The topological polar surface area (TPSA) is 17.1 Å². The largest absolute Gasteiger partial charge is 1.00 e. The van der Waals surface area contributed by atoms with Gasteiger partial charge in [0.2, 0.25) is 0 Å². The second-order valence-electron chi connectivity index (χ2n) is 1.74. The van der Waals surface area contributed by atoms with Crippen LogP contribution in [-0.4, -0.2) is 15.7 Å². The molecule has 0 aliphatic carbocycles. The molecule has 48 valence electrons. The zero-order chi connectivity index (χ0) is 5.98. The van der Waals surface area contributed by atoms with Crippen molar-refractivity contribution in [3.63, 3.8) is 0 Å². The van der Waals surface area contributed by atoms with Gasteiger partial charge in [-0.3, -0.25) is 4.21 Å². The molecule has 1 aliphatic rings. The molecule has 0 bridgehead atoms. The first kappa shape index (κ1) is 10.1. The van der Waals surface area contributed by atoms with E-state index in [2.05, 4.69) is 0 Å². The molecule has 0 aromatic rings. The number of hydrogen-bond donors (Lipinski definition) is 0. The average molecular weight is 156 g/mol. The summed E-state index contributed by atoms with van der Waals surface area (Å²) in [6.07, 6.45) is 1.12. The van der Waals surface area contributed by atoms with Crippen molar-refractivity contribution in [3.8, 4) is 0 Å². The first-order valence-electron chi connectivity index (χ1n) is 2.65. The molecule has 1 atom stereocenters. The summed E-state index contributed by atoms with van der Waals surface area (Å²) in [5, 5.41) is 0. The van der Waals surface area contributed by atoms with Crippen LogP contribution in [-0.2, 0) is 10.8 Å². The van der Waals surface area contributed by atoms with Gasteiger partial charge in [-0.2, -0.15) is 11.5 Å². The summed E-state index contributed by atoms with van der Waals surface area (Å²) in [7, 11) is -0.605. The molecule has 0 radical (unpaired) electrons. The van der Waals surface area contributed by atoms with E-state index in [9.17, 15) is 4.21 Å². The molecular weight excluding hydrogens is 147 g/mol. The second-order valence-corrected chi connectivity index (χ2v) is 5.02. The van der Waals surface area contributed by atoms with Gasteiger partial charge in [-0.05, 0) is 17.9 Å². The van der Waals surface area contributed by atoms with Gasteiger partial charge >= 0.3 is 18.9 Å². The van der Waals surface area contributed by atoms with Crippen LogP contribution in [0.2, 0.25) is 0 Å². The minimum Gasteiger partial charge on any atom is -0.335 e. The molecule has 0 amide bonds. The number of rotatable bonds is 0. The molecule has 1 heterocycles. The van der Waals surface area contributed by atoms with E-state index in [4.69, 9.17) is 0 Å². The van der Waals surface area contributed by atoms with Crippen LogP contribution in [0.15, 0.2) is 0 Å². The van der Waals surface area contributed by atoms with Crippen molar-refractivity contribution < 1.29 is 23.1 Å². The maximum absolute atomic E-state index is 10.8. The fraction of sp³-hybridized carbons (Fsp3) is 0.800. The Kier molecular flexibility index (Phi) is 5.43. The summed E-state index contributed by atoms with van der Waals surface area (Å²) >= 11 is 1.74. The molecule has 1 nitrogen and oxygen atoms in total. The predicted octanol–water partition coefficient (Wildman–Crippen LogP) is -1.61. The van der Waals surface area contributed by atoms with E-state index < -0.39 is 10.8 Å². The van der Waals surface area contributed by atoms with Crippen LogP contribution in [0.25, 0.3) is 0 Å². The molecule has 9 heavy (non-hydrogen) atoms. The molecule has 0 saturated carbocycles. The molecule has 1 aliphatic heterocycles. The first-order chi connectivity index (χ1) is 3.80. The van der Waals surface area contributed by atoms with Crippen molar-refractivity contribution in [2.75, 3.05) is 11.5 Å². The van der Waals surface area contributed by atoms with Gasteiger partial charge < -0.3 is 11.8 Å². The Morgan fingerprint density at radius 1 is 1.67 bits per heavy atom. The van der Waals surface area contributed by atoms with Crippen molar-refractivity contribution in [2.45, 2.75) is 13.3 Å². The van der Waals surface area contributed by atoms with Gasteiger partial charge in [0.15, 0.2) is 0 Å². The minimum absolute atomic E-state index is 0. The van der Waals surface area contributed by atoms with E-state index >= 15 is 0 Å². The van der Waals surface area contributed by atoms with Crippen molar-refractivity contribution in [3.05, 3.63) is 4.58 Å². The molecule has 0 aromatic heterocycles. The van der Waals surface area contributed by atoms with Gasteiger partial charge in [-0.1, -0.05) is 0 Å². The van der Waals surface area contributed by atoms with Crippen molar-refractivity contribution in [1.82, 2.24) is 0 Å². The third-order valence-electron chi connectivity index (χ3n) is 1.10. The molecule has 1 fully saturated rings. The van der Waals surface area contributed by atoms with Crippen molar-refractivity contribution >= 4 is 22.6 Å². The van der Waals surface area contributed by atoms with Crippen LogP contribution >= 0.6 is 11.8 Å². The molecule has 1 unspecified atom stereocenters. The maximum Gasteiger partial charge on any atom is 1.00 e. The van der Waals surface area contributed by atoms with E-state index in [0.717, 1.165) is 22.5 Å². The molecule has 1 saturated heterocycles. The van der Waals surface area contributed by atoms with Crippen LogP contribution in [0.3, 0.4) is 0 Å². The van der Waals surface area contributed by atoms with E-state index in [1.54, 1.807) is 11.8 Å². The second kappa shape index (κ2) is 4.84. The van der Waals surface area contributed by atoms with Crippen LogP contribution in [0.1, 0.15) is 13.3 Å². The summed E-state index contributed by atoms with van der Waals surface area (Å²) in [5.74, 6) is 2.05. The molecular formula is C5H9LiOS2. The standard InChI is InChI=1S/C5H9OS2.Li/c1-5-7-3-2-4-8(5)6;/h2-4H2,1H3;/q-1;+1. The third-order valence-corrected chi connectivity index (χ3v) is 4.21. The normalized spacial score (nSPS) is 29.2. The number of hydrogen-bond acceptors (Lipinski definition) is 2. The molecule has 0 N–H and O–H groups in total. The predicted molar refractivity (Wildman–Crippen MR) is 39.0 cm³/mol. The molecule has 0 spiro atoms. The van der Waals surface area contributed by atoms with Gasteiger partial charge in [-0.15, -0.1) is 10.8 Å². The quantitative estimate of drug-likeness (QED) is 0.310. The zero-order valence-electron chi connectivity index (χ0n) is 5.85. The average Bonchev–Trinajstić information content (AvgIpc) is 1.77. The van der Waals surface area contributed by atoms with Gasteiger partial charge in [0, 0.05) is 0 Å². The van der Waals surface area contributed by atoms with Crippen molar-refractivity contribution in [1.29, 1.82) is 0 Å². The molecule has 4 heteroatoms. The van der Waals surface area contributed by atoms with Gasteiger partial charge in [0.1, 0.15) is 0 Å². The van der Waals surface area contributed by atoms with Crippen LogP contribution in [0.4, 0.5) is 0 Å². The van der Waals surface area contributed by atoms with E-state index in [1.807, 2.05) is 6.92 Å². The van der Waals surface area contributed by atoms with E-state index in [0.29, 0.717) is 0 Å². The summed E-state index contributed by atoms with van der Waals surface area (Å²) in [6.45, 7) is 1.96. The molecule has 1 rings (SSSR count). The van der Waals surface area contributed by atoms with E-state index in [-0.39, 0.29) is 18.9 Å². The van der Waals surface area contributed by atoms with E-state index in [1.165, 1.54) is 0 Å². The SMILES string of the molecule is C[C-]1SCCCS1=O.[Li+]. The smallest absolute Gasteiger partial charge is 0.335 e. The van der Waals surface area contributed by atoms with Gasteiger partial charge in [0.25, 0.3) is 0 Å². The Hall–Kier alpha value is 1.10. The van der Waals surface area contributed by atoms with Crippen LogP contribution in [0, 0.1) is 4.58 Å². The minimum atomic E-state index is -0.605. The Morgan fingerprint density at radius 2 is 2.33 bits per heavy atom. The fourth-order valence-electron chi connectivity index (χ4n) is 0.615. The monoisotopic (exact) mass is 156 g/mol. The zero-order valence-corrected chi connectivity index (χ0v) is 7.48. The van der Waals surface area contributed by atoms with Crippen molar-refractivity contribution in [2.24, 2.45) is 0 Å². The number of thioether (sulfide) groups is 1. The van der Waals surface area contributed by atoms with Crippen LogP contribution in [0.5, 0.6) is 0 Å². The molecule has 0 aromatic carbocycles. The first-order valence-corrected chi connectivity index (χ1v) is 4.96. The summed E-state index contributed by atoms with van der Waals surface area (Å²) in [6, 6.07) is 0. The Morgan fingerprint density at radius 3 is 2.67 bits per heavy atom. The maximum atomic E-state index is 10.8. The Labute approximate surface area is 75.0 Å². The third kappa shape index (κ3) is 3.13. The Balaban J connectivity index is 0.000000640. The summed E-state index contributed by atoms with van der Waals surface area (Å²) in [4.78, 5) is 0. The van der Waals surface area contributed by atoms with Gasteiger partial charge in [0.05, 0.1) is 0 Å². The summed E-state index contributed by atoms with van der Waals surface area (Å²) in [5.41, 5.74) is 0. The summed E-state index contributed by atoms with van der Waals surface area (Å²) < 4.78 is 12.0. The van der Waals surface area contributed by atoms with Gasteiger partial charge in [-0.25, -0.2) is 0 Å². The van der Waals surface area contributed by atoms with Crippen LogP contribution < -0.4 is 18.9 Å².